The Labute approximate surface area is 209 Å². The lowest BCUT2D eigenvalue weighted by Gasteiger charge is -2.27. The number of hydrogen-bond acceptors (Lipinski definition) is 6. The highest BCUT2D eigenvalue weighted by Crippen LogP contribution is 2.49. The summed E-state index contributed by atoms with van der Waals surface area (Å²) in [5, 5.41) is 0. The van der Waals surface area contributed by atoms with Gasteiger partial charge in [0.1, 0.15) is 18.3 Å². The highest BCUT2D eigenvalue weighted by atomic mass is 16.8. The summed E-state index contributed by atoms with van der Waals surface area (Å²) in [5.74, 6) is -0.628. The minimum Gasteiger partial charge on any atom is -0.374 e. The zero-order valence-electron chi connectivity index (χ0n) is 20.0. The number of aromatic nitrogens is 2. The number of benzene rings is 2. The summed E-state index contributed by atoms with van der Waals surface area (Å²) >= 11 is 0. The summed E-state index contributed by atoms with van der Waals surface area (Å²) in [5.41, 5.74) is 1.16. The SMILES string of the molecule is O=c1ccn([C@@H]2O[C@H](COCc3ccccc3)[C@H]3OC4(CCCC4)O[C@H]32)c(=O)n1Cc1ccccc1. The third-order valence-corrected chi connectivity index (χ3v) is 7.30. The van der Waals surface area contributed by atoms with Gasteiger partial charge in [-0.15, -0.1) is 0 Å². The van der Waals surface area contributed by atoms with Crippen LogP contribution in [0.5, 0.6) is 0 Å². The van der Waals surface area contributed by atoms with Crippen molar-refractivity contribution in [2.45, 2.75) is 69.2 Å². The first-order valence-electron chi connectivity index (χ1n) is 12.6. The molecule has 1 aliphatic carbocycles. The van der Waals surface area contributed by atoms with E-state index in [1.807, 2.05) is 60.7 Å². The summed E-state index contributed by atoms with van der Waals surface area (Å²) in [6.45, 7) is 0.951. The van der Waals surface area contributed by atoms with Crippen LogP contribution in [-0.4, -0.2) is 39.8 Å². The van der Waals surface area contributed by atoms with Gasteiger partial charge in [0.2, 0.25) is 0 Å². The van der Waals surface area contributed by atoms with Crippen LogP contribution in [0.4, 0.5) is 0 Å². The Morgan fingerprint density at radius 1 is 0.861 bits per heavy atom. The lowest BCUT2D eigenvalue weighted by Crippen LogP contribution is -2.43. The molecule has 188 valence electrons. The molecule has 2 saturated heterocycles. The molecule has 0 unspecified atom stereocenters. The zero-order valence-corrected chi connectivity index (χ0v) is 20.0. The molecule has 0 amide bonds. The summed E-state index contributed by atoms with van der Waals surface area (Å²) < 4.78 is 28.0. The fourth-order valence-corrected chi connectivity index (χ4v) is 5.51. The van der Waals surface area contributed by atoms with E-state index < -0.39 is 29.9 Å². The number of nitrogens with zero attached hydrogens (tertiary/aromatic N) is 2. The zero-order chi connectivity index (χ0) is 24.5. The standard InChI is InChI=1S/C28H30N2O6/c31-23-13-16-29(27(32)30(23)17-20-9-3-1-4-10-20)26-25-24(35-28(36-25)14-7-8-15-28)22(34-26)19-33-18-21-11-5-2-6-12-21/h1-6,9-13,16,22,24-26H,7-8,14-15,17-19H2/t22-,24-,25-,26-/m1/s1. The highest BCUT2D eigenvalue weighted by molar-refractivity contribution is 5.15. The molecule has 8 heteroatoms. The predicted molar refractivity (Wildman–Crippen MR) is 131 cm³/mol. The molecule has 1 saturated carbocycles. The van der Waals surface area contributed by atoms with Crippen LogP contribution in [0.2, 0.25) is 0 Å². The molecule has 8 nitrogen and oxygen atoms in total. The second-order valence-electron chi connectivity index (χ2n) is 9.76. The minimum atomic E-state index is -0.713. The van der Waals surface area contributed by atoms with E-state index >= 15 is 0 Å². The Bertz CT molecular complexity index is 1300. The third-order valence-electron chi connectivity index (χ3n) is 7.30. The minimum absolute atomic E-state index is 0.186. The Balaban J connectivity index is 1.27. The fourth-order valence-electron chi connectivity index (χ4n) is 5.51. The first-order chi connectivity index (χ1) is 17.6. The summed E-state index contributed by atoms with van der Waals surface area (Å²) in [6.07, 6.45) is 3.31. The average Bonchev–Trinajstić information content (AvgIpc) is 3.60. The van der Waals surface area contributed by atoms with Crippen molar-refractivity contribution < 1.29 is 18.9 Å². The van der Waals surface area contributed by atoms with E-state index in [9.17, 15) is 9.59 Å². The van der Waals surface area contributed by atoms with Gasteiger partial charge in [0.15, 0.2) is 12.0 Å². The van der Waals surface area contributed by atoms with E-state index in [2.05, 4.69) is 0 Å². The maximum Gasteiger partial charge on any atom is 0.333 e. The second-order valence-corrected chi connectivity index (χ2v) is 9.76. The van der Waals surface area contributed by atoms with Crippen molar-refractivity contribution in [3.05, 3.63) is 105 Å². The van der Waals surface area contributed by atoms with Crippen LogP contribution < -0.4 is 11.2 Å². The van der Waals surface area contributed by atoms with Gasteiger partial charge in [-0.3, -0.25) is 13.9 Å². The molecule has 3 fully saturated rings. The second kappa shape index (κ2) is 9.78. The molecule has 36 heavy (non-hydrogen) atoms. The van der Waals surface area contributed by atoms with Crippen LogP contribution in [0.15, 0.2) is 82.5 Å². The van der Waals surface area contributed by atoms with Gasteiger partial charge in [-0.25, -0.2) is 4.79 Å². The maximum atomic E-state index is 13.5. The number of hydrogen-bond donors (Lipinski definition) is 0. The maximum absolute atomic E-state index is 13.5. The van der Waals surface area contributed by atoms with Crippen LogP contribution in [0.1, 0.15) is 43.0 Å². The van der Waals surface area contributed by atoms with Crippen LogP contribution in [-0.2, 0) is 32.1 Å². The first-order valence-corrected chi connectivity index (χ1v) is 12.6. The average molecular weight is 491 g/mol. The predicted octanol–water partition coefficient (Wildman–Crippen LogP) is 3.23. The van der Waals surface area contributed by atoms with E-state index in [4.69, 9.17) is 18.9 Å². The largest absolute Gasteiger partial charge is 0.374 e. The third kappa shape index (κ3) is 4.46. The van der Waals surface area contributed by atoms with Crippen molar-refractivity contribution in [1.82, 2.24) is 9.13 Å². The van der Waals surface area contributed by atoms with Crippen LogP contribution >= 0.6 is 0 Å². The van der Waals surface area contributed by atoms with E-state index in [0.717, 1.165) is 36.8 Å². The Hall–Kier alpha value is -3.04. The lowest BCUT2D eigenvalue weighted by molar-refractivity contribution is -0.218. The Kier molecular flexibility index (Phi) is 6.35. The fraction of sp³-hybridized carbons (Fsp3) is 0.429. The highest BCUT2D eigenvalue weighted by Gasteiger charge is 2.59. The van der Waals surface area contributed by atoms with Crippen LogP contribution in [0.3, 0.4) is 0 Å². The molecule has 3 aromatic rings. The van der Waals surface area contributed by atoms with E-state index in [1.165, 1.54) is 21.4 Å². The van der Waals surface area contributed by atoms with Crippen molar-refractivity contribution in [3.63, 3.8) is 0 Å². The quantitative estimate of drug-likeness (QED) is 0.506. The topological polar surface area (TPSA) is 80.9 Å². The van der Waals surface area contributed by atoms with Crippen molar-refractivity contribution >= 4 is 0 Å². The summed E-state index contributed by atoms with van der Waals surface area (Å²) in [7, 11) is 0. The molecule has 6 rings (SSSR count). The smallest absolute Gasteiger partial charge is 0.333 e. The summed E-state index contributed by atoms with van der Waals surface area (Å²) in [6, 6.07) is 20.8. The molecule has 0 N–H and O–H groups in total. The Morgan fingerprint density at radius 3 is 2.25 bits per heavy atom. The van der Waals surface area contributed by atoms with Gasteiger partial charge in [0.25, 0.3) is 5.56 Å². The number of rotatable bonds is 7. The van der Waals surface area contributed by atoms with Crippen molar-refractivity contribution in [1.29, 1.82) is 0 Å². The van der Waals surface area contributed by atoms with Crippen molar-refractivity contribution in [3.8, 4) is 0 Å². The first kappa shape index (κ1) is 23.4. The van der Waals surface area contributed by atoms with Gasteiger partial charge in [0, 0.05) is 25.1 Å². The number of fused-ring (bicyclic) bond motifs is 1. The monoisotopic (exact) mass is 490 g/mol. The molecule has 0 bridgehead atoms. The van der Waals surface area contributed by atoms with E-state index in [-0.39, 0.29) is 18.2 Å². The molecule has 3 heterocycles. The molecule has 2 aliphatic heterocycles. The van der Waals surface area contributed by atoms with Gasteiger partial charge in [-0.05, 0) is 24.0 Å². The molecular weight excluding hydrogens is 460 g/mol. The lowest BCUT2D eigenvalue weighted by atomic mass is 10.1. The van der Waals surface area contributed by atoms with Gasteiger partial charge < -0.3 is 18.9 Å². The molecule has 3 aliphatic rings. The summed E-state index contributed by atoms with van der Waals surface area (Å²) in [4.78, 5) is 26.1. The van der Waals surface area contributed by atoms with Crippen LogP contribution in [0, 0.1) is 0 Å². The van der Waals surface area contributed by atoms with Gasteiger partial charge in [-0.2, -0.15) is 0 Å². The molecule has 0 radical (unpaired) electrons. The van der Waals surface area contributed by atoms with E-state index in [1.54, 1.807) is 0 Å². The Morgan fingerprint density at radius 2 is 1.53 bits per heavy atom. The molecule has 1 aromatic heterocycles. The van der Waals surface area contributed by atoms with Gasteiger partial charge in [0.05, 0.1) is 19.8 Å². The normalized spacial score (nSPS) is 26.4. The molecule has 4 atom stereocenters. The molecule has 2 aromatic carbocycles. The van der Waals surface area contributed by atoms with Crippen molar-refractivity contribution in [2.24, 2.45) is 0 Å². The van der Waals surface area contributed by atoms with Crippen LogP contribution in [0.25, 0.3) is 0 Å². The number of ether oxygens (including phenoxy) is 4. The van der Waals surface area contributed by atoms with Gasteiger partial charge in [-0.1, -0.05) is 60.7 Å². The molecule has 1 spiro atoms. The van der Waals surface area contributed by atoms with Gasteiger partial charge >= 0.3 is 5.69 Å². The van der Waals surface area contributed by atoms with E-state index in [0.29, 0.717) is 13.2 Å². The molecular formula is C28H30N2O6. The van der Waals surface area contributed by atoms with Crippen molar-refractivity contribution in [2.75, 3.05) is 6.61 Å².